The van der Waals surface area contributed by atoms with Crippen molar-refractivity contribution in [1.29, 1.82) is 0 Å². The lowest BCUT2D eigenvalue weighted by atomic mass is 10.1. The summed E-state index contributed by atoms with van der Waals surface area (Å²) in [5, 5.41) is 9.58. The van der Waals surface area contributed by atoms with Crippen molar-refractivity contribution >= 4 is 17.1 Å². The zero-order valence-corrected chi connectivity index (χ0v) is 11.4. The van der Waals surface area contributed by atoms with Gasteiger partial charge in [-0.3, -0.25) is 9.36 Å². The zero-order valence-electron chi connectivity index (χ0n) is 11.4. The average Bonchev–Trinajstić information content (AvgIpc) is 2.90. The molecule has 0 fully saturated rings. The fourth-order valence-corrected chi connectivity index (χ4v) is 2.37. The molecule has 106 valence electrons. The Balaban J connectivity index is 2.13. The minimum absolute atomic E-state index is 0.170. The molecule has 0 unspecified atom stereocenters. The van der Waals surface area contributed by atoms with Gasteiger partial charge in [0.1, 0.15) is 0 Å². The van der Waals surface area contributed by atoms with Crippen LogP contribution in [-0.4, -0.2) is 15.6 Å². The van der Waals surface area contributed by atoms with Crippen molar-refractivity contribution in [3.8, 4) is 0 Å². The van der Waals surface area contributed by atoms with Crippen LogP contribution >= 0.6 is 0 Å². The largest absolute Gasteiger partial charge is 0.475 e. The number of nitrogens with zero attached hydrogens (tertiary/aromatic N) is 1. The number of hydrogen-bond donors (Lipinski definition) is 1. The van der Waals surface area contributed by atoms with E-state index < -0.39 is 5.97 Å². The minimum Gasteiger partial charge on any atom is -0.475 e. The SMILES string of the molecule is Cn1c(=O)c(Cc2ccccc2)cc2cc(C(=O)O)oc21. The summed E-state index contributed by atoms with van der Waals surface area (Å²) in [5.74, 6) is -1.32. The third kappa shape index (κ3) is 2.33. The molecule has 0 saturated heterocycles. The summed E-state index contributed by atoms with van der Waals surface area (Å²) in [7, 11) is 1.58. The van der Waals surface area contributed by atoms with Crippen LogP contribution in [-0.2, 0) is 13.5 Å². The van der Waals surface area contributed by atoms with Gasteiger partial charge in [0, 0.05) is 30.5 Å². The second-order valence-corrected chi connectivity index (χ2v) is 4.87. The van der Waals surface area contributed by atoms with Crippen molar-refractivity contribution in [3.05, 3.63) is 69.7 Å². The predicted molar refractivity (Wildman–Crippen MR) is 77.7 cm³/mol. The van der Waals surface area contributed by atoms with Crippen molar-refractivity contribution in [2.24, 2.45) is 7.05 Å². The Kier molecular flexibility index (Phi) is 3.10. The molecule has 5 heteroatoms. The van der Waals surface area contributed by atoms with Gasteiger partial charge in [0.25, 0.3) is 5.56 Å². The number of aryl methyl sites for hydroxylation is 1. The van der Waals surface area contributed by atoms with Gasteiger partial charge >= 0.3 is 5.97 Å². The van der Waals surface area contributed by atoms with Gasteiger partial charge in [-0.15, -0.1) is 0 Å². The first-order valence-corrected chi connectivity index (χ1v) is 6.46. The Bertz CT molecular complexity index is 874. The van der Waals surface area contributed by atoms with Crippen LogP contribution in [0.25, 0.3) is 11.1 Å². The van der Waals surface area contributed by atoms with Gasteiger partial charge in [-0.25, -0.2) is 4.79 Å². The van der Waals surface area contributed by atoms with Crippen LogP contribution in [0.4, 0.5) is 0 Å². The highest BCUT2D eigenvalue weighted by atomic mass is 16.4. The fraction of sp³-hybridized carbons (Fsp3) is 0.125. The predicted octanol–water partition coefficient (Wildman–Crippen LogP) is 2.42. The standard InChI is InChI=1S/C16H13NO4/c1-17-14(18)11(7-10-5-3-2-4-6-10)8-12-9-13(16(19)20)21-15(12)17/h2-6,8-9H,7H2,1H3,(H,19,20). The summed E-state index contributed by atoms with van der Waals surface area (Å²) in [6.07, 6.45) is 0.497. The number of hydrogen-bond acceptors (Lipinski definition) is 3. The minimum atomic E-state index is -1.15. The van der Waals surface area contributed by atoms with Gasteiger partial charge in [0.15, 0.2) is 0 Å². The Morgan fingerprint density at radius 3 is 2.62 bits per heavy atom. The topological polar surface area (TPSA) is 72.4 Å². The molecule has 0 bridgehead atoms. The molecule has 0 atom stereocenters. The number of rotatable bonds is 3. The highest BCUT2D eigenvalue weighted by molar-refractivity contribution is 5.90. The monoisotopic (exact) mass is 283 g/mol. The maximum Gasteiger partial charge on any atom is 0.371 e. The van der Waals surface area contributed by atoms with E-state index in [1.807, 2.05) is 30.3 Å². The van der Waals surface area contributed by atoms with Crippen LogP contribution < -0.4 is 5.56 Å². The number of carbonyl (C=O) groups is 1. The van der Waals surface area contributed by atoms with Crippen LogP contribution in [0.3, 0.4) is 0 Å². The number of carboxylic acid groups (broad SMARTS) is 1. The first kappa shape index (κ1) is 13.2. The highest BCUT2D eigenvalue weighted by Crippen LogP contribution is 2.19. The molecule has 21 heavy (non-hydrogen) atoms. The summed E-state index contributed by atoms with van der Waals surface area (Å²) in [4.78, 5) is 23.3. The fourth-order valence-electron chi connectivity index (χ4n) is 2.37. The molecule has 0 aliphatic heterocycles. The lowest BCUT2D eigenvalue weighted by Crippen LogP contribution is -2.21. The molecule has 3 aromatic rings. The molecule has 3 rings (SSSR count). The van der Waals surface area contributed by atoms with Crippen LogP contribution in [0.15, 0.2) is 51.7 Å². The highest BCUT2D eigenvalue weighted by Gasteiger charge is 2.15. The molecular weight excluding hydrogens is 270 g/mol. The number of fused-ring (bicyclic) bond motifs is 1. The maximum atomic E-state index is 12.3. The van der Waals surface area contributed by atoms with Crippen LogP contribution in [0.5, 0.6) is 0 Å². The molecule has 0 saturated carbocycles. The van der Waals surface area contributed by atoms with E-state index >= 15 is 0 Å². The van der Waals surface area contributed by atoms with E-state index in [-0.39, 0.29) is 17.0 Å². The second kappa shape index (κ2) is 4.94. The van der Waals surface area contributed by atoms with E-state index in [4.69, 9.17) is 9.52 Å². The average molecular weight is 283 g/mol. The van der Waals surface area contributed by atoms with Crippen LogP contribution in [0, 0.1) is 0 Å². The molecule has 2 heterocycles. The van der Waals surface area contributed by atoms with Crippen molar-refractivity contribution in [2.75, 3.05) is 0 Å². The Morgan fingerprint density at radius 2 is 1.95 bits per heavy atom. The van der Waals surface area contributed by atoms with E-state index in [2.05, 4.69) is 0 Å². The van der Waals surface area contributed by atoms with E-state index in [1.54, 1.807) is 13.1 Å². The van der Waals surface area contributed by atoms with Crippen molar-refractivity contribution in [3.63, 3.8) is 0 Å². The maximum absolute atomic E-state index is 12.3. The van der Waals surface area contributed by atoms with E-state index in [1.165, 1.54) is 10.6 Å². The van der Waals surface area contributed by atoms with Gasteiger partial charge in [0.05, 0.1) is 0 Å². The summed E-state index contributed by atoms with van der Waals surface area (Å²) in [6, 6.07) is 12.8. The quantitative estimate of drug-likeness (QED) is 0.801. The number of carboxylic acids is 1. The molecular formula is C16H13NO4. The molecule has 0 radical (unpaired) electrons. The number of pyridine rings is 1. The van der Waals surface area contributed by atoms with Gasteiger partial charge in [0.2, 0.25) is 11.5 Å². The summed E-state index contributed by atoms with van der Waals surface area (Å²) >= 11 is 0. The summed E-state index contributed by atoms with van der Waals surface area (Å²) in [5.41, 5.74) is 1.72. The normalized spacial score (nSPS) is 10.9. The van der Waals surface area contributed by atoms with E-state index in [0.29, 0.717) is 17.4 Å². The third-order valence-corrected chi connectivity index (χ3v) is 3.40. The Hall–Kier alpha value is -2.82. The van der Waals surface area contributed by atoms with E-state index in [0.717, 1.165) is 5.56 Å². The molecule has 0 amide bonds. The smallest absolute Gasteiger partial charge is 0.371 e. The Labute approximate surface area is 120 Å². The van der Waals surface area contributed by atoms with Crippen molar-refractivity contribution in [2.45, 2.75) is 6.42 Å². The van der Waals surface area contributed by atoms with Crippen molar-refractivity contribution < 1.29 is 14.3 Å². The van der Waals surface area contributed by atoms with Gasteiger partial charge in [-0.05, 0) is 11.6 Å². The van der Waals surface area contributed by atoms with Gasteiger partial charge < -0.3 is 9.52 Å². The number of furan rings is 1. The van der Waals surface area contributed by atoms with E-state index in [9.17, 15) is 9.59 Å². The lowest BCUT2D eigenvalue weighted by molar-refractivity contribution is 0.0664. The first-order chi connectivity index (χ1) is 10.1. The van der Waals surface area contributed by atoms with Gasteiger partial charge in [-0.2, -0.15) is 0 Å². The van der Waals surface area contributed by atoms with Gasteiger partial charge in [-0.1, -0.05) is 30.3 Å². The molecule has 0 aliphatic rings. The third-order valence-electron chi connectivity index (χ3n) is 3.40. The van der Waals surface area contributed by atoms with Crippen molar-refractivity contribution in [1.82, 2.24) is 4.57 Å². The van der Waals surface area contributed by atoms with Crippen LogP contribution in [0.1, 0.15) is 21.7 Å². The lowest BCUT2D eigenvalue weighted by Gasteiger charge is -2.05. The summed E-state index contributed by atoms with van der Waals surface area (Å²) < 4.78 is 6.56. The molecule has 1 N–H and O–H groups in total. The molecule has 0 spiro atoms. The zero-order chi connectivity index (χ0) is 15.0. The number of aromatic nitrogens is 1. The second-order valence-electron chi connectivity index (χ2n) is 4.87. The molecule has 1 aromatic carbocycles. The summed E-state index contributed by atoms with van der Waals surface area (Å²) in [6.45, 7) is 0. The first-order valence-electron chi connectivity index (χ1n) is 6.46. The molecule has 5 nitrogen and oxygen atoms in total. The molecule has 2 aromatic heterocycles. The molecule has 0 aliphatic carbocycles. The van der Waals surface area contributed by atoms with Crippen LogP contribution in [0.2, 0.25) is 0 Å². The number of aromatic carboxylic acids is 1. The number of benzene rings is 1. The Morgan fingerprint density at radius 1 is 1.24 bits per heavy atom.